The lowest BCUT2D eigenvalue weighted by atomic mass is 10.1. The van der Waals surface area contributed by atoms with Gasteiger partial charge in [0.25, 0.3) is 5.91 Å². The topological polar surface area (TPSA) is 73.2 Å². The van der Waals surface area contributed by atoms with E-state index in [0.29, 0.717) is 17.8 Å². The number of benzene rings is 2. The average molecular weight is 401 g/mol. The highest BCUT2D eigenvalue weighted by Gasteiger charge is 2.20. The SMILES string of the molecule is C#CCNC(=O)COC(=O)c1cn(Cc2ccc(C)cc2)nc1-c1ccc(C)cc1. The number of carbonyl (C=O) groups is 2. The molecule has 0 spiro atoms. The van der Waals surface area contributed by atoms with Gasteiger partial charge in [-0.15, -0.1) is 6.42 Å². The summed E-state index contributed by atoms with van der Waals surface area (Å²) in [6.45, 7) is 4.20. The molecule has 3 rings (SSSR count). The van der Waals surface area contributed by atoms with Gasteiger partial charge in [0.15, 0.2) is 6.61 Å². The number of hydrogen-bond acceptors (Lipinski definition) is 4. The first kappa shape index (κ1) is 20.9. The van der Waals surface area contributed by atoms with Gasteiger partial charge in [-0.05, 0) is 19.4 Å². The molecule has 6 nitrogen and oxygen atoms in total. The first-order valence-electron chi connectivity index (χ1n) is 9.53. The van der Waals surface area contributed by atoms with Crippen LogP contribution in [-0.2, 0) is 16.1 Å². The van der Waals surface area contributed by atoms with Crippen LogP contribution < -0.4 is 5.32 Å². The second-order valence-electron chi connectivity index (χ2n) is 7.00. The molecule has 0 saturated carbocycles. The molecule has 0 unspecified atom stereocenters. The van der Waals surface area contributed by atoms with E-state index >= 15 is 0 Å². The van der Waals surface area contributed by atoms with E-state index < -0.39 is 18.5 Å². The molecule has 3 aromatic rings. The molecule has 0 fully saturated rings. The molecule has 0 saturated heterocycles. The van der Waals surface area contributed by atoms with Crippen LogP contribution in [0.3, 0.4) is 0 Å². The predicted octanol–water partition coefficient (Wildman–Crippen LogP) is 3.12. The predicted molar refractivity (Wildman–Crippen MR) is 115 cm³/mol. The number of amides is 1. The summed E-state index contributed by atoms with van der Waals surface area (Å²) in [5.41, 5.74) is 4.95. The maximum atomic E-state index is 12.7. The molecule has 30 heavy (non-hydrogen) atoms. The van der Waals surface area contributed by atoms with Gasteiger partial charge in [0.1, 0.15) is 11.3 Å². The highest BCUT2D eigenvalue weighted by molar-refractivity contribution is 5.97. The van der Waals surface area contributed by atoms with Crippen LogP contribution in [0.1, 0.15) is 27.0 Å². The average Bonchev–Trinajstić information content (AvgIpc) is 3.16. The smallest absolute Gasteiger partial charge is 0.342 e. The van der Waals surface area contributed by atoms with Crippen LogP contribution in [0.5, 0.6) is 0 Å². The maximum Gasteiger partial charge on any atom is 0.342 e. The molecule has 2 aromatic carbocycles. The molecule has 1 heterocycles. The summed E-state index contributed by atoms with van der Waals surface area (Å²) < 4.78 is 6.88. The van der Waals surface area contributed by atoms with Crippen molar-refractivity contribution < 1.29 is 14.3 Å². The molecule has 0 aliphatic rings. The number of nitrogens with one attached hydrogen (secondary N) is 1. The van der Waals surface area contributed by atoms with Crippen molar-refractivity contribution in [2.24, 2.45) is 0 Å². The molecular formula is C24H23N3O3. The zero-order chi connectivity index (χ0) is 21.5. The van der Waals surface area contributed by atoms with Crippen LogP contribution in [0.25, 0.3) is 11.3 Å². The van der Waals surface area contributed by atoms with Gasteiger partial charge in [-0.2, -0.15) is 5.10 Å². The molecule has 0 radical (unpaired) electrons. The van der Waals surface area contributed by atoms with Crippen LogP contribution in [0.15, 0.2) is 54.7 Å². The van der Waals surface area contributed by atoms with E-state index in [1.165, 1.54) is 5.56 Å². The number of esters is 1. The Morgan fingerprint density at radius 2 is 1.70 bits per heavy atom. The van der Waals surface area contributed by atoms with Crippen molar-refractivity contribution in [2.75, 3.05) is 13.2 Å². The van der Waals surface area contributed by atoms with E-state index in [-0.39, 0.29) is 6.54 Å². The molecule has 1 aromatic heterocycles. The Hall–Kier alpha value is -3.85. The van der Waals surface area contributed by atoms with Gasteiger partial charge in [-0.25, -0.2) is 4.79 Å². The maximum absolute atomic E-state index is 12.7. The second kappa shape index (κ2) is 9.57. The van der Waals surface area contributed by atoms with Gasteiger partial charge < -0.3 is 10.1 Å². The highest BCUT2D eigenvalue weighted by atomic mass is 16.5. The fraction of sp³-hybridized carbons (Fsp3) is 0.208. The second-order valence-corrected chi connectivity index (χ2v) is 7.00. The van der Waals surface area contributed by atoms with Gasteiger partial charge >= 0.3 is 5.97 Å². The summed E-state index contributed by atoms with van der Waals surface area (Å²) in [5.74, 6) is 1.23. The lowest BCUT2D eigenvalue weighted by molar-refractivity contribution is -0.123. The minimum atomic E-state index is -0.614. The van der Waals surface area contributed by atoms with E-state index in [0.717, 1.165) is 16.7 Å². The molecule has 1 N–H and O–H groups in total. The van der Waals surface area contributed by atoms with Crippen LogP contribution in [0.4, 0.5) is 0 Å². The Balaban J connectivity index is 1.85. The molecule has 6 heteroatoms. The van der Waals surface area contributed by atoms with E-state index in [4.69, 9.17) is 11.2 Å². The van der Waals surface area contributed by atoms with Gasteiger partial charge in [0, 0.05) is 11.8 Å². The van der Waals surface area contributed by atoms with Crippen molar-refractivity contribution in [3.05, 3.63) is 77.0 Å². The van der Waals surface area contributed by atoms with Gasteiger partial charge in [0.05, 0.1) is 13.1 Å². The van der Waals surface area contributed by atoms with Crippen molar-refractivity contribution >= 4 is 11.9 Å². The van der Waals surface area contributed by atoms with E-state index in [2.05, 4.69) is 16.3 Å². The summed E-state index contributed by atoms with van der Waals surface area (Å²) in [7, 11) is 0. The lowest BCUT2D eigenvalue weighted by Gasteiger charge is -2.05. The van der Waals surface area contributed by atoms with Crippen molar-refractivity contribution in [1.82, 2.24) is 15.1 Å². The number of aryl methyl sites for hydroxylation is 2. The summed E-state index contributed by atoms with van der Waals surface area (Å²) >= 11 is 0. The van der Waals surface area contributed by atoms with Crippen molar-refractivity contribution in [1.29, 1.82) is 0 Å². The zero-order valence-electron chi connectivity index (χ0n) is 17.0. The minimum Gasteiger partial charge on any atom is -0.452 e. The molecular weight excluding hydrogens is 378 g/mol. The molecule has 0 aliphatic heterocycles. The Labute approximate surface area is 175 Å². The van der Waals surface area contributed by atoms with Crippen LogP contribution in [-0.4, -0.2) is 34.8 Å². The van der Waals surface area contributed by atoms with Gasteiger partial charge in [-0.1, -0.05) is 65.6 Å². The standard InChI is InChI=1S/C24H23N3O3/c1-4-13-25-22(28)16-30-24(29)21-15-27(14-19-9-5-17(2)6-10-19)26-23(21)20-11-7-18(3)8-12-20/h1,5-12,15H,13-14,16H2,2-3H3,(H,25,28). The van der Waals surface area contributed by atoms with E-state index in [9.17, 15) is 9.59 Å². The first-order chi connectivity index (χ1) is 14.5. The number of hydrogen-bond donors (Lipinski definition) is 1. The Bertz CT molecular complexity index is 1070. The van der Waals surface area contributed by atoms with E-state index in [1.54, 1.807) is 10.9 Å². The molecule has 152 valence electrons. The monoisotopic (exact) mass is 401 g/mol. The fourth-order valence-electron chi connectivity index (χ4n) is 2.87. The lowest BCUT2D eigenvalue weighted by Crippen LogP contribution is -2.29. The zero-order valence-corrected chi connectivity index (χ0v) is 17.0. The summed E-state index contributed by atoms with van der Waals surface area (Å²) in [5, 5.41) is 7.08. The van der Waals surface area contributed by atoms with Crippen LogP contribution in [0, 0.1) is 26.2 Å². The minimum absolute atomic E-state index is 0.0828. The number of rotatable bonds is 7. The van der Waals surface area contributed by atoms with Crippen LogP contribution in [0.2, 0.25) is 0 Å². The van der Waals surface area contributed by atoms with Crippen molar-refractivity contribution in [3.8, 4) is 23.6 Å². The normalized spacial score (nSPS) is 10.3. The number of ether oxygens (including phenoxy) is 1. The largest absolute Gasteiger partial charge is 0.452 e. The molecule has 1 amide bonds. The third kappa shape index (κ3) is 5.36. The Morgan fingerprint density at radius 1 is 1.07 bits per heavy atom. The van der Waals surface area contributed by atoms with Crippen molar-refractivity contribution in [3.63, 3.8) is 0 Å². The molecule has 0 atom stereocenters. The number of terminal acetylenes is 1. The van der Waals surface area contributed by atoms with Gasteiger partial charge in [0.2, 0.25) is 0 Å². The first-order valence-corrected chi connectivity index (χ1v) is 9.53. The van der Waals surface area contributed by atoms with Crippen LogP contribution >= 0.6 is 0 Å². The summed E-state index contributed by atoms with van der Waals surface area (Å²) in [6, 6.07) is 15.8. The summed E-state index contributed by atoms with van der Waals surface area (Å²) in [6.07, 6.45) is 6.76. The van der Waals surface area contributed by atoms with Gasteiger partial charge in [-0.3, -0.25) is 9.48 Å². The molecule has 0 bridgehead atoms. The van der Waals surface area contributed by atoms with E-state index in [1.807, 2.05) is 62.4 Å². The number of nitrogens with zero attached hydrogens (tertiary/aromatic N) is 2. The quantitative estimate of drug-likeness (QED) is 0.488. The van der Waals surface area contributed by atoms with Crippen molar-refractivity contribution in [2.45, 2.75) is 20.4 Å². The highest BCUT2D eigenvalue weighted by Crippen LogP contribution is 2.24. The summed E-state index contributed by atoms with van der Waals surface area (Å²) in [4.78, 5) is 24.4. The Kier molecular flexibility index (Phi) is 6.66. The number of carbonyl (C=O) groups excluding carboxylic acids is 2. The number of aromatic nitrogens is 2. The third-order valence-electron chi connectivity index (χ3n) is 4.49. The third-order valence-corrected chi connectivity index (χ3v) is 4.49. The molecule has 0 aliphatic carbocycles. The Morgan fingerprint density at radius 3 is 2.33 bits per heavy atom. The fourth-order valence-corrected chi connectivity index (χ4v) is 2.87.